The molecule has 0 spiro atoms. The number of esters is 1. The molecule has 2 saturated carbocycles. The highest BCUT2D eigenvalue weighted by atomic mass is 16.5. The molecule has 2 heteroatoms. The predicted octanol–water partition coefficient (Wildman–Crippen LogP) is 9.72. The van der Waals surface area contributed by atoms with Gasteiger partial charge in [-0.25, -0.2) is 0 Å². The Kier molecular flexibility index (Phi) is 9.86. The van der Waals surface area contributed by atoms with Gasteiger partial charge in [0.25, 0.3) is 0 Å². The molecule has 2 aromatic carbocycles. The second kappa shape index (κ2) is 13.3. The first-order chi connectivity index (χ1) is 17.2. The van der Waals surface area contributed by atoms with Crippen molar-refractivity contribution >= 4 is 5.97 Å². The molecule has 0 aliphatic heterocycles. The molecule has 0 saturated heterocycles. The fourth-order valence-corrected chi connectivity index (χ4v) is 6.43. The van der Waals surface area contributed by atoms with E-state index < -0.39 is 0 Å². The monoisotopic (exact) mass is 474 g/mol. The summed E-state index contributed by atoms with van der Waals surface area (Å²) in [4.78, 5) is 12.6. The van der Waals surface area contributed by atoms with E-state index in [2.05, 4.69) is 50.2 Å². The maximum Gasteiger partial charge on any atom is 0.314 e. The summed E-state index contributed by atoms with van der Waals surface area (Å²) in [7, 11) is 0. The summed E-state index contributed by atoms with van der Waals surface area (Å²) in [6.45, 7) is 4.54. The number of hydrogen-bond donors (Lipinski definition) is 0. The van der Waals surface area contributed by atoms with Gasteiger partial charge in [0.2, 0.25) is 0 Å². The first-order valence-corrected chi connectivity index (χ1v) is 14.6. The minimum absolute atomic E-state index is 0.0443. The highest BCUT2D eigenvalue weighted by Crippen LogP contribution is 2.38. The van der Waals surface area contributed by atoms with E-state index in [1.165, 1.54) is 93.7 Å². The van der Waals surface area contributed by atoms with Crippen molar-refractivity contribution in [2.75, 3.05) is 0 Å². The third-order valence-corrected chi connectivity index (χ3v) is 8.73. The van der Waals surface area contributed by atoms with Crippen molar-refractivity contribution in [2.45, 2.75) is 110 Å². The van der Waals surface area contributed by atoms with Gasteiger partial charge in [-0.05, 0) is 97.9 Å². The summed E-state index contributed by atoms with van der Waals surface area (Å²) < 4.78 is 5.74. The molecule has 0 atom stereocenters. The van der Waals surface area contributed by atoms with E-state index in [0.717, 1.165) is 30.6 Å². The summed E-state index contributed by atoms with van der Waals surface area (Å²) in [6, 6.07) is 17.2. The number of benzene rings is 2. The number of carbonyl (C=O) groups is 1. The van der Waals surface area contributed by atoms with E-state index in [0.29, 0.717) is 5.75 Å². The van der Waals surface area contributed by atoms with Crippen LogP contribution in [-0.2, 0) is 4.79 Å². The van der Waals surface area contributed by atoms with Crippen LogP contribution in [0.5, 0.6) is 5.75 Å². The lowest BCUT2D eigenvalue weighted by Gasteiger charge is -2.29. The quantitative estimate of drug-likeness (QED) is 0.194. The highest BCUT2D eigenvalue weighted by molar-refractivity contribution is 5.75. The number of rotatable bonds is 10. The van der Waals surface area contributed by atoms with Crippen molar-refractivity contribution in [3.63, 3.8) is 0 Å². The predicted molar refractivity (Wildman–Crippen MR) is 147 cm³/mol. The normalized spacial score (nSPS) is 24.7. The first-order valence-electron chi connectivity index (χ1n) is 14.6. The molecular formula is C33H46O2. The Morgan fingerprint density at radius 1 is 0.686 bits per heavy atom. The van der Waals surface area contributed by atoms with Gasteiger partial charge in [0.15, 0.2) is 0 Å². The molecule has 2 aromatic rings. The van der Waals surface area contributed by atoms with Crippen molar-refractivity contribution in [3.05, 3.63) is 54.1 Å². The second-order valence-corrected chi connectivity index (χ2v) is 11.3. The minimum Gasteiger partial charge on any atom is -0.426 e. The lowest BCUT2D eigenvalue weighted by Crippen LogP contribution is -2.25. The van der Waals surface area contributed by atoms with Crippen molar-refractivity contribution in [1.29, 1.82) is 0 Å². The molecule has 4 rings (SSSR count). The van der Waals surface area contributed by atoms with Gasteiger partial charge in [-0.1, -0.05) is 88.8 Å². The van der Waals surface area contributed by atoms with Crippen LogP contribution in [0.4, 0.5) is 0 Å². The number of hydrogen-bond acceptors (Lipinski definition) is 2. The van der Waals surface area contributed by atoms with E-state index >= 15 is 0 Å². The summed E-state index contributed by atoms with van der Waals surface area (Å²) in [5, 5.41) is 0. The van der Waals surface area contributed by atoms with Gasteiger partial charge in [0, 0.05) is 0 Å². The molecule has 0 amide bonds. The second-order valence-electron chi connectivity index (χ2n) is 11.3. The van der Waals surface area contributed by atoms with Crippen LogP contribution in [0.1, 0.15) is 115 Å². The lowest BCUT2D eigenvalue weighted by atomic mass is 9.77. The summed E-state index contributed by atoms with van der Waals surface area (Å²) in [5.41, 5.74) is 3.91. The van der Waals surface area contributed by atoms with Gasteiger partial charge in [0.1, 0.15) is 5.75 Å². The zero-order valence-corrected chi connectivity index (χ0v) is 22.1. The van der Waals surface area contributed by atoms with Crippen molar-refractivity contribution in [2.24, 2.45) is 17.8 Å². The van der Waals surface area contributed by atoms with Gasteiger partial charge in [-0.15, -0.1) is 0 Å². The molecule has 2 aliphatic rings. The van der Waals surface area contributed by atoms with Gasteiger partial charge >= 0.3 is 5.97 Å². The van der Waals surface area contributed by atoms with Crippen LogP contribution in [0.3, 0.4) is 0 Å². The van der Waals surface area contributed by atoms with Crippen LogP contribution in [0.25, 0.3) is 11.1 Å². The SMILES string of the molecule is CCCCCC1CCC(c2ccc(-c3ccc(OC(=O)[C@H]4CC[C@H](CCC)CC4)cc3)cc2)CC1. The molecule has 0 aromatic heterocycles. The fraction of sp³-hybridized carbons (Fsp3) is 0.606. The average molecular weight is 475 g/mol. The molecule has 0 heterocycles. The van der Waals surface area contributed by atoms with E-state index in [4.69, 9.17) is 4.74 Å². The Balaban J connectivity index is 1.25. The average Bonchev–Trinajstić information content (AvgIpc) is 2.90. The highest BCUT2D eigenvalue weighted by Gasteiger charge is 2.27. The smallest absolute Gasteiger partial charge is 0.314 e. The van der Waals surface area contributed by atoms with E-state index in [1.807, 2.05) is 12.1 Å². The molecule has 2 aliphatic carbocycles. The molecular weight excluding hydrogens is 428 g/mol. The van der Waals surface area contributed by atoms with Gasteiger partial charge in [0.05, 0.1) is 5.92 Å². The third-order valence-electron chi connectivity index (χ3n) is 8.73. The molecule has 0 N–H and O–H groups in total. The molecule has 2 nitrogen and oxygen atoms in total. The first kappa shape index (κ1) is 26.0. The third kappa shape index (κ3) is 7.45. The maximum absolute atomic E-state index is 12.6. The number of unbranched alkanes of at least 4 members (excludes halogenated alkanes) is 2. The van der Waals surface area contributed by atoms with E-state index in [-0.39, 0.29) is 11.9 Å². The van der Waals surface area contributed by atoms with Crippen LogP contribution in [0.15, 0.2) is 48.5 Å². The van der Waals surface area contributed by atoms with Crippen LogP contribution in [-0.4, -0.2) is 5.97 Å². The fourth-order valence-electron chi connectivity index (χ4n) is 6.43. The van der Waals surface area contributed by atoms with Crippen molar-refractivity contribution in [1.82, 2.24) is 0 Å². The number of carbonyl (C=O) groups excluding carboxylic acids is 1. The Hall–Kier alpha value is -2.09. The number of ether oxygens (including phenoxy) is 1. The van der Waals surface area contributed by atoms with Gasteiger partial charge < -0.3 is 4.74 Å². The molecule has 35 heavy (non-hydrogen) atoms. The Bertz CT molecular complexity index is 882. The lowest BCUT2D eigenvalue weighted by molar-refractivity contribution is -0.140. The van der Waals surface area contributed by atoms with Crippen LogP contribution in [0.2, 0.25) is 0 Å². The summed E-state index contributed by atoms with van der Waals surface area (Å²) in [5.74, 6) is 3.19. The van der Waals surface area contributed by atoms with Crippen LogP contribution in [0, 0.1) is 17.8 Å². The van der Waals surface area contributed by atoms with Crippen LogP contribution >= 0.6 is 0 Å². The summed E-state index contributed by atoms with van der Waals surface area (Å²) in [6.07, 6.45) is 17.9. The molecule has 0 radical (unpaired) electrons. The molecule has 0 bridgehead atoms. The van der Waals surface area contributed by atoms with Crippen molar-refractivity contribution in [3.8, 4) is 16.9 Å². The zero-order valence-electron chi connectivity index (χ0n) is 22.1. The van der Waals surface area contributed by atoms with Crippen LogP contribution < -0.4 is 4.74 Å². The standard InChI is InChI=1S/C33H46O2/c1-3-5-6-8-26-9-13-27(14-10-26)28-17-19-29(20-18-28)30-21-23-32(24-22-30)35-33(34)31-15-11-25(7-4-2)12-16-31/h17-27,31H,3-16H2,1-2H3/t25-,26?,27?,31-. The maximum atomic E-state index is 12.6. The molecule has 2 fully saturated rings. The van der Waals surface area contributed by atoms with Gasteiger partial charge in [-0.2, -0.15) is 0 Å². The van der Waals surface area contributed by atoms with Crippen molar-refractivity contribution < 1.29 is 9.53 Å². The van der Waals surface area contributed by atoms with Gasteiger partial charge in [-0.3, -0.25) is 4.79 Å². The molecule has 190 valence electrons. The Morgan fingerprint density at radius 3 is 1.86 bits per heavy atom. The zero-order chi connectivity index (χ0) is 24.5. The topological polar surface area (TPSA) is 26.3 Å². The van der Waals surface area contributed by atoms with E-state index in [1.54, 1.807) is 0 Å². The summed E-state index contributed by atoms with van der Waals surface area (Å²) >= 11 is 0. The largest absolute Gasteiger partial charge is 0.426 e. The Morgan fingerprint density at radius 2 is 1.26 bits per heavy atom. The Labute approximate surface area is 213 Å². The minimum atomic E-state index is -0.0443. The molecule has 0 unspecified atom stereocenters. The van der Waals surface area contributed by atoms with E-state index in [9.17, 15) is 4.79 Å².